The van der Waals surface area contributed by atoms with Crippen LogP contribution in [0.3, 0.4) is 0 Å². The first-order valence-electron chi connectivity index (χ1n) is 8.85. The largest absolute Gasteiger partial charge is 0.441 e. The molecule has 4 rings (SSSR count). The number of amides is 1. The summed E-state index contributed by atoms with van der Waals surface area (Å²) in [7, 11) is 0. The van der Waals surface area contributed by atoms with E-state index in [1.165, 1.54) is 0 Å². The molecule has 1 saturated heterocycles. The molecule has 0 saturated carbocycles. The van der Waals surface area contributed by atoms with Gasteiger partial charge in [-0.2, -0.15) is 0 Å². The van der Waals surface area contributed by atoms with E-state index in [2.05, 4.69) is 4.98 Å². The number of nitrogens with zero attached hydrogens (tertiary/aromatic N) is 2. The highest BCUT2D eigenvalue weighted by molar-refractivity contribution is 5.92. The van der Waals surface area contributed by atoms with E-state index in [1.807, 2.05) is 74.5 Å². The molecule has 27 heavy (non-hydrogen) atoms. The van der Waals surface area contributed by atoms with Crippen molar-refractivity contribution in [1.82, 2.24) is 4.98 Å². The molecule has 1 atom stereocenters. The average molecular weight is 359 g/mol. The number of carbonyl (C=O) groups excluding carboxylic acids is 1. The standard InChI is InChI=1S/C22H21N3O2/c1-22(2)20(16-6-4-3-5-7-16)25(21(26)27-22)18-11-8-15(9-12-18)17-10-13-19(23)24-14-17/h3-14,20H,1-2H3,(H2,23,24). The maximum absolute atomic E-state index is 12.6. The van der Waals surface area contributed by atoms with Gasteiger partial charge in [-0.3, -0.25) is 4.90 Å². The highest BCUT2D eigenvalue weighted by Crippen LogP contribution is 2.43. The van der Waals surface area contributed by atoms with Crippen molar-refractivity contribution in [3.05, 3.63) is 78.5 Å². The quantitative estimate of drug-likeness (QED) is 0.729. The number of pyridine rings is 1. The molecule has 5 nitrogen and oxygen atoms in total. The van der Waals surface area contributed by atoms with Gasteiger partial charge in [-0.1, -0.05) is 42.5 Å². The van der Waals surface area contributed by atoms with Crippen molar-refractivity contribution in [3.8, 4) is 11.1 Å². The van der Waals surface area contributed by atoms with E-state index < -0.39 is 5.60 Å². The Morgan fingerprint density at radius 2 is 1.63 bits per heavy atom. The fourth-order valence-corrected chi connectivity index (χ4v) is 3.58. The number of aromatic nitrogens is 1. The lowest BCUT2D eigenvalue weighted by Gasteiger charge is -2.29. The van der Waals surface area contributed by atoms with Crippen molar-refractivity contribution < 1.29 is 9.53 Å². The van der Waals surface area contributed by atoms with Crippen LogP contribution in [0.1, 0.15) is 25.5 Å². The SMILES string of the molecule is CC1(C)OC(=O)N(c2ccc(-c3ccc(N)nc3)cc2)C1c1ccccc1. The predicted molar refractivity (Wildman–Crippen MR) is 106 cm³/mol. The zero-order chi connectivity index (χ0) is 19.0. The van der Waals surface area contributed by atoms with Crippen molar-refractivity contribution >= 4 is 17.6 Å². The summed E-state index contributed by atoms with van der Waals surface area (Å²) in [5, 5.41) is 0. The summed E-state index contributed by atoms with van der Waals surface area (Å²) < 4.78 is 5.67. The minimum absolute atomic E-state index is 0.199. The second kappa shape index (κ2) is 6.43. The molecule has 1 unspecified atom stereocenters. The lowest BCUT2D eigenvalue weighted by atomic mass is 9.91. The van der Waals surface area contributed by atoms with Crippen molar-refractivity contribution in [2.45, 2.75) is 25.5 Å². The van der Waals surface area contributed by atoms with Crippen LogP contribution < -0.4 is 10.6 Å². The molecule has 3 aromatic rings. The van der Waals surface area contributed by atoms with Gasteiger partial charge in [0.1, 0.15) is 17.5 Å². The van der Waals surface area contributed by atoms with Gasteiger partial charge in [-0.25, -0.2) is 9.78 Å². The molecule has 1 fully saturated rings. The first-order valence-corrected chi connectivity index (χ1v) is 8.85. The minimum Gasteiger partial charge on any atom is -0.441 e. The number of anilines is 2. The predicted octanol–water partition coefficient (Wildman–Crippen LogP) is 4.81. The second-order valence-electron chi connectivity index (χ2n) is 7.17. The van der Waals surface area contributed by atoms with Crippen LogP contribution in [0.5, 0.6) is 0 Å². The maximum Gasteiger partial charge on any atom is 0.415 e. The molecular formula is C22H21N3O2. The minimum atomic E-state index is -0.627. The molecule has 136 valence electrons. The first kappa shape index (κ1) is 17.1. The lowest BCUT2D eigenvalue weighted by Crippen LogP contribution is -2.33. The van der Waals surface area contributed by atoms with Crippen LogP contribution >= 0.6 is 0 Å². The highest BCUT2D eigenvalue weighted by atomic mass is 16.6. The number of hydrogen-bond acceptors (Lipinski definition) is 4. The molecule has 1 aliphatic heterocycles. The van der Waals surface area contributed by atoms with E-state index in [-0.39, 0.29) is 12.1 Å². The van der Waals surface area contributed by atoms with Crippen molar-refractivity contribution in [3.63, 3.8) is 0 Å². The van der Waals surface area contributed by atoms with Crippen LogP contribution in [0.2, 0.25) is 0 Å². The van der Waals surface area contributed by atoms with Gasteiger partial charge in [0.15, 0.2) is 0 Å². The highest BCUT2D eigenvalue weighted by Gasteiger charge is 2.49. The number of cyclic esters (lactones) is 1. The molecule has 0 bridgehead atoms. The molecule has 0 spiro atoms. The Labute approximate surface area is 158 Å². The average Bonchev–Trinajstić information content (AvgIpc) is 2.91. The van der Waals surface area contributed by atoms with E-state index >= 15 is 0 Å². The number of benzene rings is 2. The van der Waals surface area contributed by atoms with Crippen LogP contribution in [0.15, 0.2) is 72.9 Å². The summed E-state index contributed by atoms with van der Waals surface area (Å²) in [5.41, 5.74) is 8.85. The fourth-order valence-electron chi connectivity index (χ4n) is 3.58. The van der Waals surface area contributed by atoms with Gasteiger partial charge in [0.25, 0.3) is 0 Å². The summed E-state index contributed by atoms with van der Waals surface area (Å²) in [6, 6.07) is 21.3. The number of nitrogens with two attached hydrogens (primary N) is 1. The molecular weight excluding hydrogens is 338 g/mol. The molecule has 1 aromatic heterocycles. The zero-order valence-electron chi connectivity index (χ0n) is 15.3. The Bertz CT molecular complexity index is 951. The Balaban J connectivity index is 1.70. The van der Waals surface area contributed by atoms with E-state index in [9.17, 15) is 4.79 Å². The normalized spacial score (nSPS) is 18.4. The number of ether oxygens (including phenoxy) is 1. The fraction of sp³-hybridized carbons (Fsp3) is 0.182. The Morgan fingerprint density at radius 1 is 0.963 bits per heavy atom. The van der Waals surface area contributed by atoms with Crippen molar-refractivity contribution in [1.29, 1.82) is 0 Å². The lowest BCUT2D eigenvalue weighted by molar-refractivity contribution is 0.0685. The molecule has 2 N–H and O–H groups in total. The van der Waals surface area contributed by atoms with Gasteiger partial charge in [-0.15, -0.1) is 0 Å². The maximum atomic E-state index is 12.6. The summed E-state index contributed by atoms with van der Waals surface area (Å²) in [5.74, 6) is 0.489. The third-order valence-electron chi connectivity index (χ3n) is 4.84. The Kier molecular flexibility index (Phi) is 4.07. The number of nitrogen functional groups attached to an aromatic ring is 1. The molecule has 0 radical (unpaired) electrons. The van der Waals surface area contributed by atoms with E-state index in [0.717, 1.165) is 22.4 Å². The third kappa shape index (κ3) is 3.12. The van der Waals surface area contributed by atoms with Crippen LogP contribution in [0.25, 0.3) is 11.1 Å². The molecule has 1 amide bonds. The number of carbonyl (C=O) groups is 1. The molecule has 1 aliphatic rings. The van der Waals surface area contributed by atoms with Gasteiger partial charge in [0.05, 0.1) is 0 Å². The molecule has 0 aliphatic carbocycles. The third-order valence-corrected chi connectivity index (χ3v) is 4.84. The molecule has 5 heteroatoms. The summed E-state index contributed by atoms with van der Waals surface area (Å²) in [6.07, 6.45) is 1.40. The topological polar surface area (TPSA) is 68.5 Å². The van der Waals surface area contributed by atoms with Crippen molar-refractivity contribution in [2.75, 3.05) is 10.6 Å². The summed E-state index contributed by atoms with van der Waals surface area (Å²) in [6.45, 7) is 3.88. The van der Waals surface area contributed by atoms with Crippen LogP contribution in [-0.4, -0.2) is 16.7 Å². The van der Waals surface area contributed by atoms with Gasteiger partial charge in [-0.05, 0) is 49.2 Å². The summed E-state index contributed by atoms with van der Waals surface area (Å²) >= 11 is 0. The monoisotopic (exact) mass is 359 g/mol. The molecule has 2 aromatic carbocycles. The number of hydrogen-bond donors (Lipinski definition) is 1. The van der Waals surface area contributed by atoms with Crippen LogP contribution in [-0.2, 0) is 4.74 Å². The van der Waals surface area contributed by atoms with Crippen LogP contribution in [0, 0.1) is 0 Å². The second-order valence-corrected chi connectivity index (χ2v) is 7.17. The van der Waals surface area contributed by atoms with Gasteiger partial charge >= 0.3 is 6.09 Å². The van der Waals surface area contributed by atoms with Crippen LogP contribution in [0.4, 0.5) is 16.3 Å². The first-order chi connectivity index (χ1) is 13.0. The zero-order valence-corrected chi connectivity index (χ0v) is 15.3. The Morgan fingerprint density at radius 3 is 2.26 bits per heavy atom. The van der Waals surface area contributed by atoms with Gasteiger partial charge < -0.3 is 10.5 Å². The number of rotatable bonds is 3. The Hall–Kier alpha value is -3.34. The van der Waals surface area contributed by atoms with Gasteiger partial charge in [0, 0.05) is 17.4 Å². The molecule has 2 heterocycles. The van der Waals surface area contributed by atoms with E-state index in [1.54, 1.807) is 17.2 Å². The van der Waals surface area contributed by atoms with Gasteiger partial charge in [0.2, 0.25) is 0 Å². The van der Waals surface area contributed by atoms with Crippen molar-refractivity contribution in [2.24, 2.45) is 0 Å². The van der Waals surface area contributed by atoms with E-state index in [0.29, 0.717) is 5.82 Å². The summed E-state index contributed by atoms with van der Waals surface area (Å²) in [4.78, 5) is 18.5. The van der Waals surface area contributed by atoms with E-state index in [4.69, 9.17) is 10.5 Å². The smallest absolute Gasteiger partial charge is 0.415 e.